The van der Waals surface area contributed by atoms with Crippen LogP contribution in [-0.2, 0) is 6.42 Å². The molecule has 1 aromatic heterocycles. The third-order valence-corrected chi connectivity index (χ3v) is 2.31. The standard InChI is InChI=1S/C7H7FIN/c1-2-5-6(9)3-4-10-7(5)8/h3-4H,2H2,1H3. The first kappa shape index (κ1) is 7.91. The van der Waals surface area contributed by atoms with Crippen LogP contribution in [0.3, 0.4) is 0 Å². The average molecular weight is 251 g/mol. The molecule has 0 aliphatic heterocycles. The summed E-state index contributed by atoms with van der Waals surface area (Å²) in [7, 11) is 0. The molecule has 10 heavy (non-hydrogen) atoms. The van der Waals surface area contributed by atoms with Crippen molar-refractivity contribution in [2.24, 2.45) is 0 Å². The van der Waals surface area contributed by atoms with E-state index in [0.717, 1.165) is 3.57 Å². The van der Waals surface area contributed by atoms with Crippen LogP contribution in [0.4, 0.5) is 4.39 Å². The van der Waals surface area contributed by atoms with Gasteiger partial charge in [-0.1, -0.05) is 6.92 Å². The minimum Gasteiger partial charge on any atom is -0.228 e. The fourth-order valence-electron chi connectivity index (χ4n) is 0.760. The zero-order valence-corrected chi connectivity index (χ0v) is 7.72. The Hall–Kier alpha value is -0.190. The molecule has 0 N–H and O–H groups in total. The zero-order valence-electron chi connectivity index (χ0n) is 5.56. The fraction of sp³-hybridized carbons (Fsp3) is 0.286. The molecule has 0 saturated carbocycles. The molecule has 0 atom stereocenters. The summed E-state index contributed by atoms with van der Waals surface area (Å²) in [5, 5.41) is 0. The summed E-state index contributed by atoms with van der Waals surface area (Å²) in [5.74, 6) is -0.339. The highest BCUT2D eigenvalue weighted by Gasteiger charge is 2.03. The molecule has 0 aromatic carbocycles. The first-order chi connectivity index (χ1) is 4.75. The van der Waals surface area contributed by atoms with Gasteiger partial charge in [0.05, 0.1) is 0 Å². The Labute approximate surface area is 72.8 Å². The van der Waals surface area contributed by atoms with Crippen LogP contribution < -0.4 is 0 Å². The second-order valence-corrected chi connectivity index (χ2v) is 3.08. The lowest BCUT2D eigenvalue weighted by Gasteiger charge is -1.99. The van der Waals surface area contributed by atoms with E-state index in [1.807, 2.05) is 13.0 Å². The van der Waals surface area contributed by atoms with E-state index in [1.54, 1.807) is 0 Å². The van der Waals surface area contributed by atoms with Crippen molar-refractivity contribution in [2.45, 2.75) is 13.3 Å². The lowest BCUT2D eigenvalue weighted by molar-refractivity contribution is 0.567. The number of rotatable bonds is 1. The van der Waals surface area contributed by atoms with Gasteiger partial charge in [0.2, 0.25) is 5.95 Å². The highest BCUT2D eigenvalue weighted by molar-refractivity contribution is 14.1. The van der Waals surface area contributed by atoms with Crippen molar-refractivity contribution < 1.29 is 4.39 Å². The van der Waals surface area contributed by atoms with E-state index >= 15 is 0 Å². The molecule has 0 radical (unpaired) electrons. The number of halogens is 2. The predicted octanol–water partition coefficient (Wildman–Crippen LogP) is 2.39. The van der Waals surface area contributed by atoms with Gasteiger partial charge in [0.25, 0.3) is 0 Å². The van der Waals surface area contributed by atoms with E-state index in [9.17, 15) is 4.39 Å². The molecule has 0 unspecified atom stereocenters. The summed E-state index contributed by atoms with van der Waals surface area (Å²) in [6.45, 7) is 1.92. The Balaban J connectivity index is 3.17. The molecule has 3 heteroatoms. The van der Waals surface area contributed by atoms with Crippen molar-refractivity contribution in [1.29, 1.82) is 0 Å². The third-order valence-electron chi connectivity index (χ3n) is 1.30. The van der Waals surface area contributed by atoms with Crippen LogP contribution in [-0.4, -0.2) is 4.98 Å². The van der Waals surface area contributed by atoms with Crippen molar-refractivity contribution in [3.63, 3.8) is 0 Å². The Morgan fingerprint density at radius 3 is 2.80 bits per heavy atom. The summed E-state index contributed by atoms with van der Waals surface area (Å²) >= 11 is 2.11. The molecule has 1 aromatic rings. The highest BCUT2D eigenvalue weighted by Crippen LogP contribution is 2.13. The molecular weight excluding hydrogens is 244 g/mol. The van der Waals surface area contributed by atoms with E-state index in [-0.39, 0.29) is 5.95 Å². The van der Waals surface area contributed by atoms with Gasteiger partial charge >= 0.3 is 0 Å². The quantitative estimate of drug-likeness (QED) is 0.551. The van der Waals surface area contributed by atoms with E-state index in [2.05, 4.69) is 27.6 Å². The van der Waals surface area contributed by atoms with Gasteiger partial charge < -0.3 is 0 Å². The second-order valence-electron chi connectivity index (χ2n) is 1.92. The zero-order chi connectivity index (χ0) is 7.56. The molecule has 0 bridgehead atoms. The highest BCUT2D eigenvalue weighted by atomic mass is 127. The molecule has 54 valence electrons. The Bertz CT molecular complexity index is 217. The Morgan fingerprint density at radius 1 is 1.70 bits per heavy atom. The first-order valence-corrected chi connectivity index (χ1v) is 4.12. The van der Waals surface area contributed by atoms with Crippen LogP contribution in [0.2, 0.25) is 0 Å². The summed E-state index contributed by atoms with van der Waals surface area (Å²) in [5.41, 5.74) is 0.711. The fourth-order valence-corrected chi connectivity index (χ4v) is 1.52. The van der Waals surface area contributed by atoms with Gasteiger partial charge in [0.15, 0.2) is 0 Å². The number of hydrogen-bond donors (Lipinski definition) is 0. The van der Waals surface area contributed by atoms with Crippen LogP contribution in [0.1, 0.15) is 12.5 Å². The van der Waals surface area contributed by atoms with Crippen molar-refractivity contribution >= 4 is 22.6 Å². The maximum absolute atomic E-state index is 12.7. The van der Waals surface area contributed by atoms with E-state index in [0.29, 0.717) is 12.0 Å². The average Bonchev–Trinajstić information content (AvgIpc) is 1.88. The van der Waals surface area contributed by atoms with Crippen LogP contribution >= 0.6 is 22.6 Å². The van der Waals surface area contributed by atoms with Gasteiger partial charge in [-0.15, -0.1) is 0 Å². The van der Waals surface area contributed by atoms with Gasteiger partial charge in [-0.3, -0.25) is 0 Å². The van der Waals surface area contributed by atoms with E-state index in [4.69, 9.17) is 0 Å². The predicted molar refractivity (Wildman–Crippen MR) is 46.3 cm³/mol. The number of nitrogens with zero attached hydrogens (tertiary/aromatic N) is 1. The summed E-state index contributed by atoms with van der Waals surface area (Å²) in [6.07, 6.45) is 2.19. The van der Waals surface area contributed by atoms with Crippen molar-refractivity contribution in [3.8, 4) is 0 Å². The molecular formula is C7H7FIN. The number of aromatic nitrogens is 1. The van der Waals surface area contributed by atoms with Crippen molar-refractivity contribution in [3.05, 3.63) is 27.3 Å². The second kappa shape index (κ2) is 3.27. The van der Waals surface area contributed by atoms with Gasteiger partial charge in [0.1, 0.15) is 0 Å². The molecule has 0 aliphatic carbocycles. The molecule has 0 fully saturated rings. The summed E-state index contributed by atoms with van der Waals surface area (Å²) in [4.78, 5) is 3.54. The topological polar surface area (TPSA) is 12.9 Å². The lowest BCUT2D eigenvalue weighted by atomic mass is 10.2. The van der Waals surface area contributed by atoms with Gasteiger partial charge in [-0.2, -0.15) is 4.39 Å². The van der Waals surface area contributed by atoms with E-state index in [1.165, 1.54) is 6.20 Å². The van der Waals surface area contributed by atoms with Crippen LogP contribution in [0.25, 0.3) is 0 Å². The molecule has 1 heterocycles. The normalized spacial score (nSPS) is 9.90. The minimum atomic E-state index is -0.339. The Morgan fingerprint density at radius 2 is 2.40 bits per heavy atom. The van der Waals surface area contributed by atoms with Crippen LogP contribution in [0.15, 0.2) is 12.3 Å². The molecule has 1 nitrogen and oxygen atoms in total. The lowest BCUT2D eigenvalue weighted by Crippen LogP contribution is -1.94. The Kier molecular flexibility index (Phi) is 2.59. The number of hydrogen-bond acceptors (Lipinski definition) is 1. The largest absolute Gasteiger partial charge is 0.228 e. The van der Waals surface area contributed by atoms with E-state index < -0.39 is 0 Å². The third kappa shape index (κ3) is 1.45. The minimum absolute atomic E-state index is 0.339. The number of pyridine rings is 1. The van der Waals surface area contributed by atoms with Crippen molar-refractivity contribution in [1.82, 2.24) is 4.98 Å². The van der Waals surface area contributed by atoms with Crippen LogP contribution in [0, 0.1) is 9.52 Å². The monoisotopic (exact) mass is 251 g/mol. The van der Waals surface area contributed by atoms with Gasteiger partial charge in [-0.05, 0) is 35.1 Å². The molecule has 0 saturated heterocycles. The molecule has 0 spiro atoms. The van der Waals surface area contributed by atoms with Gasteiger partial charge in [-0.25, -0.2) is 4.98 Å². The first-order valence-electron chi connectivity index (χ1n) is 3.04. The van der Waals surface area contributed by atoms with Crippen LogP contribution in [0.5, 0.6) is 0 Å². The maximum atomic E-state index is 12.7. The summed E-state index contributed by atoms with van der Waals surface area (Å²) in [6, 6.07) is 1.81. The smallest absolute Gasteiger partial charge is 0.217 e. The van der Waals surface area contributed by atoms with Crippen molar-refractivity contribution in [2.75, 3.05) is 0 Å². The molecule has 0 aliphatic rings. The SMILES string of the molecule is CCc1c(I)ccnc1F. The molecule has 0 amide bonds. The summed E-state index contributed by atoms with van der Waals surface area (Å²) < 4.78 is 13.7. The van der Waals surface area contributed by atoms with Gasteiger partial charge in [0, 0.05) is 15.3 Å². The maximum Gasteiger partial charge on any atom is 0.217 e. The molecule has 1 rings (SSSR count).